The Labute approximate surface area is 153 Å². The van der Waals surface area contributed by atoms with Gasteiger partial charge in [-0.25, -0.2) is 0 Å². The molecule has 0 aliphatic carbocycles. The minimum Gasteiger partial charge on any atom is -0.388 e. The zero-order valence-corrected chi connectivity index (χ0v) is 17.4. The van der Waals surface area contributed by atoms with Crippen LogP contribution in [0, 0.1) is 11.8 Å². The molecule has 146 valence electrons. The van der Waals surface area contributed by atoms with Crippen molar-refractivity contribution in [1.82, 2.24) is 0 Å². The van der Waals surface area contributed by atoms with Gasteiger partial charge in [-0.2, -0.15) is 0 Å². The molecule has 2 nitrogen and oxygen atoms in total. The summed E-state index contributed by atoms with van der Waals surface area (Å²) in [5, 5.41) is 10.9. The molecule has 1 unspecified atom stereocenters. The van der Waals surface area contributed by atoms with Gasteiger partial charge in [-0.1, -0.05) is 112 Å². The minimum atomic E-state index is -0.724. The van der Waals surface area contributed by atoms with Crippen LogP contribution in [0.5, 0.6) is 0 Å². The molecule has 0 aromatic heterocycles. The van der Waals surface area contributed by atoms with Crippen molar-refractivity contribution in [3.63, 3.8) is 0 Å². The Morgan fingerprint density at radius 2 is 1.00 bits per heavy atom. The van der Waals surface area contributed by atoms with Crippen LogP contribution in [0.2, 0.25) is 0 Å². The predicted octanol–water partition coefficient (Wildman–Crippen LogP) is 6.45. The van der Waals surface area contributed by atoms with Gasteiger partial charge in [0.05, 0.1) is 5.60 Å². The highest BCUT2D eigenvalue weighted by Crippen LogP contribution is 2.31. The van der Waals surface area contributed by atoms with Crippen molar-refractivity contribution in [3.8, 4) is 0 Å². The van der Waals surface area contributed by atoms with Crippen LogP contribution in [0.15, 0.2) is 0 Å². The van der Waals surface area contributed by atoms with E-state index in [1.165, 1.54) is 70.6 Å². The van der Waals surface area contributed by atoms with Crippen molar-refractivity contribution >= 4 is 0 Å². The first kappa shape index (κ1) is 23.9. The summed E-state index contributed by atoms with van der Waals surface area (Å²) in [6.45, 7) is 10.6. The summed E-state index contributed by atoms with van der Waals surface area (Å²) >= 11 is 0. The van der Waals surface area contributed by atoms with Crippen molar-refractivity contribution in [3.05, 3.63) is 0 Å². The number of hydrogen-bond donors (Lipinski definition) is 2. The highest BCUT2D eigenvalue weighted by molar-refractivity contribution is 4.94. The van der Waals surface area contributed by atoms with Crippen LogP contribution in [0.25, 0.3) is 0 Å². The fourth-order valence-corrected chi connectivity index (χ4v) is 3.96. The van der Waals surface area contributed by atoms with Crippen molar-refractivity contribution < 1.29 is 5.11 Å². The fraction of sp³-hybridized carbons (Fsp3) is 1.00. The van der Waals surface area contributed by atoms with Crippen LogP contribution >= 0.6 is 0 Å². The van der Waals surface area contributed by atoms with Crippen LogP contribution in [0.3, 0.4) is 0 Å². The van der Waals surface area contributed by atoms with Crippen molar-refractivity contribution in [2.45, 2.75) is 130 Å². The first-order valence-corrected chi connectivity index (χ1v) is 10.8. The van der Waals surface area contributed by atoms with Crippen LogP contribution in [-0.2, 0) is 0 Å². The Morgan fingerprint density at radius 3 is 1.33 bits per heavy atom. The van der Waals surface area contributed by atoms with E-state index in [4.69, 9.17) is 5.73 Å². The Balaban J connectivity index is 3.59. The molecule has 0 amide bonds. The Bertz CT molecular complexity index is 267. The Morgan fingerprint density at radius 1 is 0.667 bits per heavy atom. The number of hydrogen-bond acceptors (Lipinski definition) is 2. The van der Waals surface area contributed by atoms with Crippen molar-refractivity contribution in [2.75, 3.05) is 0 Å². The lowest BCUT2D eigenvalue weighted by molar-refractivity contribution is -0.0701. The first-order chi connectivity index (χ1) is 11.4. The molecule has 1 atom stereocenters. The van der Waals surface area contributed by atoms with Gasteiger partial charge in [0.2, 0.25) is 0 Å². The van der Waals surface area contributed by atoms with Gasteiger partial charge in [0.25, 0.3) is 0 Å². The molecule has 0 saturated carbocycles. The summed E-state index contributed by atoms with van der Waals surface area (Å²) in [4.78, 5) is 0. The number of rotatable bonds is 16. The number of aliphatic hydroxyl groups is 1. The molecule has 0 radical (unpaired) electrons. The number of nitrogens with two attached hydrogens (primary N) is 1. The molecule has 0 fully saturated rings. The van der Waals surface area contributed by atoms with E-state index in [-0.39, 0.29) is 17.9 Å². The largest absolute Gasteiger partial charge is 0.388 e. The topological polar surface area (TPSA) is 46.2 Å². The van der Waals surface area contributed by atoms with E-state index >= 15 is 0 Å². The van der Waals surface area contributed by atoms with E-state index in [9.17, 15) is 5.11 Å². The van der Waals surface area contributed by atoms with Crippen LogP contribution in [0.4, 0.5) is 0 Å². The molecule has 0 aromatic carbocycles. The lowest BCUT2D eigenvalue weighted by atomic mass is 9.73. The van der Waals surface area contributed by atoms with E-state index in [1.54, 1.807) is 0 Å². The third-order valence-electron chi connectivity index (χ3n) is 5.81. The molecule has 0 spiro atoms. The van der Waals surface area contributed by atoms with Gasteiger partial charge in [-0.05, 0) is 18.3 Å². The molecule has 0 bridgehead atoms. The van der Waals surface area contributed by atoms with E-state index in [1.807, 2.05) is 0 Å². The smallest absolute Gasteiger partial charge is 0.0843 e. The molecule has 24 heavy (non-hydrogen) atoms. The first-order valence-electron chi connectivity index (χ1n) is 10.8. The number of unbranched alkanes of at least 4 members (excludes halogenated alkanes) is 11. The monoisotopic (exact) mass is 341 g/mol. The summed E-state index contributed by atoms with van der Waals surface area (Å²) in [7, 11) is 0. The van der Waals surface area contributed by atoms with Gasteiger partial charge in [-0.3, -0.25) is 0 Å². The van der Waals surface area contributed by atoms with Gasteiger partial charge in [0.1, 0.15) is 0 Å². The van der Waals surface area contributed by atoms with Gasteiger partial charge < -0.3 is 10.8 Å². The van der Waals surface area contributed by atoms with Crippen LogP contribution in [0.1, 0.15) is 118 Å². The van der Waals surface area contributed by atoms with E-state index in [2.05, 4.69) is 34.6 Å². The normalized spacial score (nSPS) is 13.9. The van der Waals surface area contributed by atoms with Crippen LogP contribution in [-0.4, -0.2) is 16.7 Å². The fourth-order valence-electron chi connectivity index (χ4n) is 3.96. The van der Waals surface area contributed by atoms with E-state index < -0.39 is 5.60 Å². The van der Waals surface area contributed by atoms with Crippen LogP contribution < -0.4 is 5.73 Å². The summed E-state index contributed by atoms with van der Waals surface area (Å²) in [6.07, 6.45) is 17.3. The average Bonchev–Trinajstić information content (AvgIpc) is 2.54. The molecular formula is C22H47NO. The Kier molecular flexibility index (Phi) is 14.1. The zero-order chi connectivity index (χ0) is 18.4. The lowest BCUT2D eigenvalue weighted by Gasteiger charge is -2.41. The van der Waals surface area contributed by atoms with Gasteiger partial charge >= 0.3 is 0 Å². The maximum absolute atomic E-state index is 10.9. The zero-order valence-electron chi connectivity index (χ0n) is 17.4. The summed E-state index contributed by atoms with van der Waals surface area (Å²) < 4.78 is 0. The average molecular weight is 342 g/mol. The SMILES string of the molecule is CCCCCCCCCCCCCCC(N)C(O)(C(C)C)C(C)C. The highest BCUT2D eigenvalue weighted by Gasteiger charge is 2.40. The van der Waals surface area contributed by atoms with Gasteiger partial charge in [0.15, 0.2) is 0 Å². The second kappa shape index (κ2) is 14.1. The summed E-state index contributed by atoms with van der Waals surface area (Å²) in [5.41, 5.74) is 5.61. The van der Waals surface area contributed by atoms with Crippen molar-refractivity contribution in [1.29, 1.82) is 0 Å². The summed E-state index contributed by atoms with van der Waals surface area (Å²) in [6, 6.07) is -0.0966. The standard InChI is InChI=1S/C22H47NO/c1-6-7-8-9-10-11-12-13-14-15-16-17-18-21(23)22(24,19(2)3)20(4)5/h19-21,24H,6-18,23H2,1-5H3. The molecule has 0 aromatic rings. The summed E-state index contributed by atoms with van der Waals surface area (Å²) in [5.74, 6) is 0.426. The second-order valence-electron chi connectivity index (χ2n) is 8.48. The predicted molar refractivity (Wildman–Crippen MR) is 108 cm³/mol. The third kappa shape index (κ3) is 9.42. The van der Waals surface area contributed by atoms with Crippen molar-refractivity contribution in [2.24, 2.45) is 17.6 Å². The molecular weight excluding hydrogens is 294 g/mol. The molecule has 0 rings (SSSR count). The quantitative estimate of drug-likeness (QED) is 0.317. The maximum atomic E-state index is 10.9. The maximum Gasteiger partial charge on any atom is 0.0843 e. The van der Waals surface area contributed by atoms with Gasteiger partial charge in [-0.15, -0.1) is 0 Å². The second-order valence-corrected chi connectivity index (χ2v) is 8.48. The molecule has 0 aliphatic heterocycles. The van der Waals surface area contributed by atoms with E-state index in [0.29, 0.717) is 0 Å². The minimum absolute atomic E-state index is 0.0966. The van der Waals surface area contributed by atoms with E-state index in [0.717, 1.165) is 12.8 Å². The lowest BCUT2D eigenvalue weighted by Crippen LogP contribution is -2.55. The molecule has 0 aliphatic rings. The third-order valence-corrected chi connectivity index (χ3v) is 5.81. The molecule has 2 heteroatoms. The highest BCUT2D eigenvalue weighted by atomic mass is 16.3. The molecule has 0 saturated heterocycles. The molecule has 0 heterocycles. The van der Waals surface area contributed by atoms with Gasteiger partial charge in [0, 0.05) is 6.04 Å². The Hall–Kier alpha value is -0.0800. The molecule has 3 N–H and O–H groups in total.